The van der Waals surface area contributed by atoms with Gasteiger partial charge in [0.25, 0.3) is 6.17 Å². The van der Waals surface area contributed by atoms with Gasteiger partial charge in [0, 0.05) is 5.92 Å². The van der Waals surface area contributed by atoms with Gasteiger partial charge in [0.1, 0.15) is 17.1 Å². The number of allylic oxidation sites excluding steroid dienone is 1. The number of fused-ring (bicyclic) bond motifs is 1. The monoisotopic (exact) mass is 190 g/mol. The van der Waals surface area contributed by atoms with E-state index in [4.69, 9.17) is 0 Å². The molecule has 0 aliphatic carbocycles. The molecule has 3 nitrogen and oxygen atoms in total. The summed E-state index contributed by atoms with van der Waals surface area (Å²) in [5.41, 5.74) is 3.29. The van der Waals surface area contributed by atoms with Crippen LogP contribution in [-0.2, 0) is 0 Å². The molecule has 74 valence electrons. The molecule has 0 aromatic carbocycles. The maximum atomic E-state index is 4.64. The van der Waals surface area contributed by atoms with Crippen molar-refractivity contribution in [1.82, 2.24) is 0 Å². The van der Waals surface area contributed by atoms with Gasteiger partial charge in [0.2, 0.25) is 0 Å². The van der Waals surface area contributed by atoms with Gasteiger partial charge in [-0.25, -0.2) is 9.98 Å². The average Bonchev–Trinajstić information content (AvgIpc) is 2.47. The van der Waals surface area contributed by atoms with Gasteiger partial charge < -0.3 is 0 Å². The third-order valence-corrected chi connectivity index (χ3v) is 2.49. The van der Waals surface area contributed by atoms with E-state index in [2.05, 4.69) is 40.8 Å². The molecule has 0 amide bonds. The summed E-state index contributed by atoms with van der Waals surface area (Å²) in [5, 5.41) is 0. The van der Waals surface area contributed by atoms with Gasteiger partial charge in [-0.1, -0.05) is 13.8 Å². The van der Waals surface area contributed by atoms with Crippen molar-refractivity contribution in [3.05, 3.63) is 11.9 Å². The Kier molecular flexibility index (Phi) is 2.10. The first kappa shape index (κ1) is 9.31. The second kappa shape index (κ2) is 3.15. The molecule has 2 rings (SSSR count). The van der Waals surface area contributed by atoms with Gasteiger partial charge in [-0.2, -0.15) is 4.58 Å². The number of hydrogen-bond donors (Lipinski definition) is 0. The largest absolute Gasteiger partial charge is 0.290 e. The molecule has 0 radical (unpaired) electrons. The van der Waals surface area contributed by atoms with E-state index in [1.807, 2.05) is 13.8 Å². The van der Waals surface area contributed by atoms with E-state index in [0.29, 0.717) is 5.92 Å². The number of aliphatic imine (C=N–C) groups is 2. The van der Waals surface area contributed by atoms with Gasteiger partial charge in [-0.3, -0.25) is 0 Å². The lowest BCUT2D eigenvalue weighted by Gasteiger charge is -2.09. The molecule has 2 aliphatic heterocycles. The first-order chi connectivity index (χ1) is 6.58. The zero-order valence-corrected chi connectivity index (χ0v) is 9.15. The fourth-order valence-corrected chi connectivity index (χ4v) is 1.76. The van der Waals surface area contributed by atoms with Crippen molar-refractivity contribution in [2.75, 3.05) is 0 Å². The van der Waals surface area contributed by atoms with Gasteiger partial charge >= 0.3 is 0 Å². The van der Waals surface area contributed by atoms with Crippen molar-refractivity contribution in [2.24, 2.45) is 15.9 Å². The Labute approximate surface area is 84.6 Å². The second-order valence-corrected chi connectivity index (χ2v) is 4.18. The van der Waals surface area contributed by atoms with Gasteiger partial charge in [-0.05, 0) is 13.8 Å². The lowest BCUT2D eigenvalue weighted by molar-refractivity contribution is -0.470. The number of nitrogens with zero attached hydrogens (tertiary/aromatic N) is 3. The Morgan fingerprint density at radius 1 is 1.36 bits per heavy atom. The van der Waals surface area contributed by atoms with Crippen molar-refractivity contribution < 1.29 is 4.58 Å². The summed E-state index contributed by atoms with van der Waals surface area (Å²) in [6.45, 7) is 8.38. The minimum atomic E-state index is 0.121. The summed E-state index contributed by atoms with van der Waals surface area (Å²) in [7, 11) is 0. The van der Waals surface area contributed by atoms with Crippen molar-refractivity contribution in [3.8, 4) is 0 Å². The highest BCUT2D eigenvalue weighted by molar-refractivity contribution is 6.31. The maximum absolute atomic E-state index is 4.64. The van der Waals surface area contributed by atoms with Crippen LogP contribution in [0.2, 0.25) is 0 Å². The topological polar surface area (TPSA) is 27.7 Å². The highest BCUT2D eigenvalue weighted by Crippen LogP contribution is 2.16. The van der Waals surface area contributed by atoms with Gasteiger partial charge in [-0.15, -0.1) is 0 Å². The van der Waals surface area contributed by atoms with E-state index in [1.165, 1.54) is 0 Å². The molecule has 0 aromatic rings. The zero-order chi connectivity index (χ0) is 10.3. The lowest BCUT2D eigenvalue weighted by atomic mass is 10.1. The quantitative estimate of drug-likeness (QED) is 0.564. The molecule has 3 heteroatoms. The molecule has 2 aliphatic rings. The summed E-state index contributed by atoms with van der Waals surface area (Å²) in [4.78, 5) is 9.06. The van der Waals surface area contributed by atoms with E-state index in [1.54, 1.807) is 0 Å². The van der Waals surface area contributed by atoms with Crippen molar-refractivity contribution in [1.29, 1.82) is 0 Å². The van der Waals surface area contributed by atoms with Crippen LogP contribution in [0.25, 0.3) is 0 Å². The van der Waals surface area contributed by atoms with Crippen LogP contribution in [0, 0.1) is 5.92 Å². The summed E-state index contributed by atoms with van der Waals surface area (Å²) in [6.07, 6.45) is 4.30. The molecule has 0 fully saturated rings. The van der Waals surface area contributed by atoms with Crippen molar-refractivity contribution >= 4 is 17.6 Å². The van der Waals surface area contributed by atoms with Crippen LogP contribution >= 0.6 is 0 Å². The SMILES string of the molecule is CC1=C[N+]2=CC(C(C)C)=NC2C(C)=N1. The number of rotatable bonds is 1. The van der Waals surface area contributed by atoms with Crippen LogP contribution in [-0.4, -0.2) is 28.4 Å². The fraction of sp³-hybridized carbons (Fsp3) is 0.545. The maximum Gasteiger partial charge on any atom is 0.290 e. The standard InChI is InChI=1S/C11H16N3/c1-7(2)10-6-14-5-8(3)12-9(4)11(14)13-10/h5-7,11H,1-4H3/q+1. The van der Waals surface area contributed by atoms with Crippen LogP contribution in [0.1, 0.15) is 27.7 Å². The highest BCUT2D eigenvalue weighted by atomic mass is 15.2. The average molecular weight is 190 g/mol. The molecule has 1 unspecified atom stereocenters. The van der Waals surface area contributed by atoms with E-state index in [9.17, 15) is 0 Å². The van der Waals surface area contributed by atoms with E-state index >= 15 is 0 Å². The normalized spacial score (nSPS) is 25.4. The molecule has 14 heavy (non-hydrogen) atoms. The first-order valence-corrected chi connectivity index (χ1v) is 5.01. The number of hydrogen-bond acceptors (Lipinski definition) is 2. The summed E-state index contributed by atoms with van der Waals surface area (Å²) >= 11 is 0. The third-order valence-electron chi connectivity index (χ3n) is 2.49. The molecular formula is C11H16N3+. The lowest BCUT2D eigenvalue weighted by Crippen LogP contribution is -2.27. The molecule has 1 atom stereocenters. The predicted molar refractivity (Wildman–Crippen MR) is 59.3 cm³/mol. The molecule has 0 aromatic heterocycles. The Morgan fingerprint density at radius 3 is 2.71 bits per heavy atom. The molecule has 0 spiro atoms. The predicted octanol–water partition coefficient (Wildman–Crippen LogP) is 1.84. The van der Waals surface area contributed by atoms with Crippen molar-refractivity contribution in [3.63, 3.8) is 0 Å². The molecule has 0 N–H and O–H groups in total. The Balaban J connectivity index is 2.38. The summed E-state index contributed by atoms with van der Waals surface area (Å²) < 4.78 is 2.15. The van der Waals surface area contributed by atoms with E-state index in [-0.39, 0.29) is 6.17 Å². The van der Waals surface area contributed by atoms with Gasteiger partial charge in [0.15, 0.2) is 12.4 Å². The molecule has 0 saturated heterocycles. The fourth-order valence-electron chi connectivity index (χ4n) is 1.76. The van der Waals surface area contributed by atoms with Crippen LogP contribution in [0.15, 0.2) is 21.9 Å². The smallest absolute Gasteiger partial charge is 0.247 e. The Hall–Kier alpha value is -1.25. The molecule has 0 saturated carbocycles. The Bertz CT molecular complexity index is 383. The third kappa shape index (κ3) is 1.43. The van der Waals surface area contributed by atoms with Crippen molar-refractivity contribution in [2.45, 2.75) is 33.9 Å². The minimum absolute atomic E-state index is 0.121. The molecule has 0 bridgehead atoms. The molecular weight excluding hydrogens is 174 g/mol. The summed E-state index contributed by atoms with van der Waals surface area (Å²) in [5.74, 6) is 0.488. The second-order valence-electron chi connectivity index (χ2n) is 4.18. The van der Waals surface area contributed by atoms with E-state index in [0.717, 1.165) is 17.1 Å². The highest BCUT2D eigenvalue weighted by Gasteiger charge is 2.32. The van der Waals surface area contributed by atoms with E-state index < -0.39 is 0 Å². The minimum Gasteiger partial charge on any atom is -0.247 e. The molecule has 2 heterocycles. The van der Waals surface area contributed by atoms with Gasteiger partial charge in [0.05, 0.1) is 0 Å². The van der Waals surface area contributed by atoms with Crippen LogP contribution < -0.4 is 0 Å². The summed E-state index contributed by atoms with van der Waals surface area (Å²) in [6, 6.07) is 0. The van der Waals surface area contributed by atoms with Crippen LogP contribution in [0.4, 0.5) is 0 Å². The first-order valence-electron chi connectivity index (χ1n) is 5.01. The Morgan fingerprint density at radius 2 is 2.07 bits per heavy atom. The van der Waals surface area contributed by atoms with Crippen LogP contribution in [0.5, 0.6) is 0 Å². The van der Waals surface area contributed by atoms with Crippen LogP contribution in [0.3, 0.4) is 0 Å². The zero-order valence-electron chi connectivity index (χ0n) is 9.15.